The highest BCUT2D eigenvalue weighted by Crippen LogP contribution is 2.16. The van der Waals surface area contributed by atoms with Crippen molar-refractivity contribution in [3.8, 4) is 11.5 Å². The average Bonchev–Trinajstić information content (AvgIpc) is 3.05. The van der Waals surface area contributed by atoms with E-state index in [4.69, 9.17) is 9.47 Å². The fraction of sp³-hybridized carbons (Fsp3) is 0.444. The van der Waals surface area contributed by atoms with Crippen LogP contribution >= 0.6 is 35.3 Å². The van der Waals surface area contributed by atoms with Crippen molar-refractivity contribution >= 4 is 41.3 Å². The van der Waals surface area contributed by atoms with Crippen LogP contribution in [0.1, 0.15) is 16.3 Å². The molecule has 0 radical (unpaired) electrons. The van der Waals surface area contributed by atoms with Crippen LogP contribution < -0.4 is 20.1 Å². The highest BCUT2D eigenvalue weighted by Gasteiger charge is 2.01. The second-order valence-electron chi connectivity index (χ2n) is 5.42. The first-order valence-electron chi connectivity index (χ1n) is 8.34. The highest BCUT2D eigenvalue weighted by molar-refractivity contribution is 14.0. The van der Waals surface area contributed by atoms with Crippen LogP contribution in [0.3, 0.4) is 0 Å². The van der Waals surface area contributed by atoms with Crippen molar-refractivity contribution in [1.29, 1.82) is 0 Å². The van der Waals surface area contributed by atoms with Gasteiger partial charge in [-0.1, -0.05) is 0 Å². The first-order chi connectivity index (χ1) is 12.2. The Kier molecular flexibility index (Phi) is 11.0. The number of halogens is 1. The summed E-state index contributed by atoms with van der Waals surface area (Å²) in [5.74, 6) is 2.48. The number of hydrogen-bond acceptors (Lipinski definition) is 5. The first-order valence-corrected chi connectivity index (χ1v) is 9.15. The number of methoxy groups -OCH3 is 1. The zero-order valence-corrected chi connectivity index (χ0v) is 18.6. The molecule has 0 fully saturated rings. The molecule has 0 saturated heterocycles. The van der Waals surface area contributed by atoms with Crippen molar-refractivity contribution < 1.29 is 9.47 Å². The third-order valence-electron chi connectivity index (χ3n) is 3.47. The zero-order valence-electron chi connectivity index (χ0n) is 15.4. The molecule has 2 aromatic rings. The number of rotatable bonds is 9. The predicted molar refractivity (Wildman–Crippen MR) is 118 cm³/mol. The van der Waals surface area contributed by atoms with Crippen LogP contribution in [0, 0.1) is 6.92 Å². The van der Waals surface area contributed by atoms with E-state index < -0.39 is 0 Å². The molecule has 1 aromatic carbocycles. The van der Waals surface area contributed by atoms with Crippen molar-refractivity contribution in [3.05, 3.63) is 40.3 Å². The number of thiazole rings is 1. The molecule has 144 valence electrons. The highest BCUT2D eigenvalue weighted by atomic mass is 127. The minimum absolute atomic E-state index is 0. The van der Waals surface area contributed by atoms with E-state index in [1.807, 2.05) is 30.5 Å². The minimum Gasteiger partial charge on any atom is -0.497 e. The third-order valence-corrected chi connectivity index (χ3v) is 4.44. The molecule has 0 aliphatic carbocycles. The lowest BCUT2D eigenvalue weighted by Gasteiger charge is -2.12. The number of nitrogens with zero attached hydrogens (tertiary/aromatic N) is 2. The summed E-state index contributed by atoms with van der Waals surface area (Å²) < 4.78 is 10.8. The normalized spacial score (nSPS) is 10.8. The maximum atomic E-state index is 5.70. The van der Waals surface area contributed by atoms with Gasteiger partial charge in [-0.2, -0.15) is 0 Å². The van der Waals surface area contributed by atoms with E-state index in [1.165, 1.54) is 4.88 Å². The molecule has 6 nitrogen and oxygen atoms in total. The number of aliphatic imine (C=N–C) groups is 1. The van der Waals surface area contributed by atoms with E-state index in [2.05, 4.69) is 27.5 Å². The number of aromatic nitrogens is 1. The Morgan fingerprint density at radius 1 is 1.15 bits per heavy atom. The van der Waals surface area contributed by atoms with Gasteiger partial charge in [0, 0.05) is 37.6 Å². The van der Waals surface area contributed by atoms with Gasteiger partial charge in [-0.25, -0.2) is 4.98 Å². The van der Waals surface area contributed by atoms with Gasteiger partial charge in [-0.05, 0) is 37.6 Å². The summed E-state index contributed by atoms with van der Waals surface area (Å²) in [6, 6.07) is 7.60. The molecule has 0 unspecified atom stereocenters. The Bertz CT molecular complexity index is 661. The second-order valence-corrected chi connectivity index (χ2v) is 6.74. The monoisotopic (exact) mass is 490 g/mol. The second kappa shape index (κ2) is 12.7. The Morgan fingerprint density at radius 2 is 1.85 bits per heavy atom. The standard InChI is InChI=1S/C18H26N4O2S.HI/c1-14-13-22-17(25-14)9-11-21-18(19-2)20-10-4-12-24-16-7-5-15(23-3)6-8-16;/h5-8,13H,4,9-12H2,1-3H3,(H2,19,20,21);1H. The average molecular weight is 490 g/mol. The van der Waals surface area contributed by atoms with Gasteiger partial charge in [-0.15, -0.1) is 35.3 Å². The van der Waals surface area contributed by atoms with Crippen molar-refractivity contribution in [2.24, 2.45) is 4.99 Å². The van der Waals surface area contributed by atoms with Crippen LogP contribution in [-0.4, -0.2) is 44.8 Å². The minimum atomic E-state index is 0. The van der Waals surface area contributed by atoms with Gasteiger partial charge in [-0.3, -0.25) is 4.99 Å². The molecule has 0 bridgehead atoms. The maximum Gasteiger partial charge on any atom is 0.190 e. The van der Waals surface area contributed by atoms with E-state index in [0.717, 1.165) is 48.4 Å². The Labute approximate surface area is 176 Å². The van der Waals surface area contributed by atoms with Crippen LogP contribution in [0.25, 0.3) is 0 Å². The Balaban J connectivity index is 0.00000338. The molecule has 0 amide bonds. The van der Waals surface area contributed by atoms with Crippen LogP contribution in [0.2, 0.25) is 0 Å². The molecule has 2 rings (SSSR count). The summed E-state index contributed by atoms with van der Waals surface area (Å²) in [7, 11) is 3.43. The molecule has 8 heteroatoms. The van der Waals surface area contributed by atoms with Gasteiger partial charge in [0.25, 0.3) is 0 Å². The van der Waals surface area contributed by atoms with Crippen molar-refractivity contribution in [2.75, 3.05) is 33.9 Å². The fourth-order valence-corrected chi connectivity index (χ4v) is 2.95. The molecule has 1 aromatic heterocycles. The summed E-state index contributed by atoms with van der Waals surface area (Å²) in [5.41, 5.74) is 0. The van der Waals surface area contributed by atoms with Gasteiger partial charge >= 0.3 is 0 Å². The lowest BCUT2D eigenvalue weighted by atomic mass is 10.3. The molecular weight excluding hydrogens is 463 g/mol. The summed E-state index contributed by atoms with van der Waals surface area (Å²) in [5, 5.41) is 7.73. The number of nitrogens with one attached hydrogen (secondary N) is 2. The van der Waals surface area contributed by atoms with Crippen molar-refractivity contribution in [2.45, 2.75) is 19.8 Å². The van der Waals surface area contributed by atoms with Gasteiger partial charge < -0.3 is 20.1 Å². The Morgan fingerprint density at radius 3 is 2.46 bits per heavy atom. The number of guanidine groups is 1. The molecular formula is C18H27IN4O2S. The van der Waals surface area contributed by atoms with E-state index >= 15 is 0 Å². The summed E-state index contributed by atoms with van der Waals surface area (Å²) in [4.78, 5) is 9.83. The van der Waals surface area contributed by atoms with Crippen molar-refractivity contribution in [1.82, 2.24) is 15.6 Å². The number of benzene rings is 1. The van der Waals surface area contributed by atoms with E-state index in [9.17, 15) is 0 Å². The van der Waals surface area contributed by atoms with Gasteiger partial charge in [0.1, 0.15) is 11.5 Å². The Hall–Kier alpha value is -1.55. The largest absolute Gasteiger partial charge is 0.497 e. The predicted octanol–water partition coefficient (Wildman–Crippen LogP) is 3.25. The van der Waals surface area contributed by atoms with E-state index in [1.54, 1.807) is 25.5 Å². The lowest BCUT2D eigenvalue weighted by molar-refractivity contribution is 0.310. The van der Waals surface area contributed by atoms with E-state index in [0.29, 0.717) is 6.61 Å². The molecule has 0 aliphatic rings. The maximum absolute atomic E-state index is 5.70. The van der Waals surface area contributed by atoms with Gasteiger partial charge in [0.2, 0.25) is 0 Å². The van der Waals surface area contributed by atoms with E-state index in [-0.39, 0.29) is 24.0 Å². The SMILES string of the molecule is CN=C(NCCCOc1ccc(OC)cc1)NCCc1ncc(C)s1.I. The van der Waals surface area contributed by atoms with Crippen LogP contribution in [0.4, 0.5) is 0 Å². The zero-order chi connectivity index (χ0) is 17.9. The molecule has 0 atom stereocenters. The first kappa shape index (κ1) is 22.5. The molecule has 0 aliphatic heterocycles. The van der Waals surface area contributed by atoms with Crippen molar-refractivity contribution in [3.63, 3.8) is 0 Å². The van der Waals surface area contributed by atoms with Gasteiger partial charge in [0.15, 0.2) is 5.96 Å². The van der Waals surface area contributed by atoms with Gasteiger partial charge in [0.05, 0.1) is 18.7 Å². The number of hydrogen-bond donors (Lipinski definition) is 2. The molecule has 2 N–H and O–H groups in total. The number of ether oxygens (including phenoxy) is 2. The summed E-state index contributed by atoms with van der Waals surface area (Å²) >= 11 is 1.74. The number of aryl methyl sites for hydroxylation is 1. The molecule has 0 spiro atoms. The quantitative estimate of drug-likeness (QED) is 0.245. The summed E-state index contributed by atoms with van der Waals surface area (Å²) in [6.45, 7) is 4.33. The topological polar surface area (TPSA) is 67.8 Å². The summed E-state index contributed by atoms with van der Waals surface area (Å²) in [6.07, 6.45) is 3.70. The smallest absolute Gasteiger partial charge is 0.190 e. The van der Waals surface area contributed by atoms with Crippen LogP contribution in [0.5, 0.6) is 11.5 Å². The van der Waals surface area contributed by atoms with Crippen LogP contribution in [-0.2, 0) is 6.42 Å². The molecule has 0 saturated carbocycles. The van der Waals surface area contributed by atoms with Crippen LogP contribution in [0.15, 0.2) is 35.5 Å². The molecule has 26 heavy (non-hydrogen) atoms. The lowest BCUT2D eigenvalue weighted by Crippen LogP contribution is -2.39. The fourth-order valence-electron chi connectivity index (χ4n) is 2.17. The third kappa shape index (κ3) is 8.22. The molecule has 1 heterocycles.